The number of phenolic OH excluding ortho intramolecular Hbond substituents is 1. The molecule has 0 aliphatic carbocycles. The number of anilines is 1. The smallest absolute Gasteiger partial charge is 0.311 e. The zero-order valence-electron chi connectivity index (χ0n) is 10.7. The molecule has 0 fully saturated rings. The van der Waals surface area contributed by atoms with E-state index in [4.69, 9.17) is 0 Å². The number of phenols is 1. The highest BCUT2D eigenvalue weighted by molar-refractivity contribution is 5.52. The van der Waals surface area contributed by atoms with Crippen molar-refractivity contribution in [2.75, 3.05) is 5.32 Å². The van der Waals surface area contributed by atoms with Crippen molar-refractivity contribution in [3.63, 3.8) is 0 Å². The van der Waals surface area contributed by atoms with Gasteiger partial charge in [0.05, 0.1) is 9.85 Å². The minimum absolute atomic E-state index is 0.0447. The van der Waals surface area contributed by atoms with Crippen LogP contribution in [0.5, 0.6) is 5.75 Å². The molecule has 0 saturated carbocycles. The monoisotopic (exact) mass is 289 g/mol. The summed E-state index contributed by atoms with van der Waals surface area (Å²) in [5.74, 6) is -0.404. The lowest BCUT2D eigenvalue weighted by Crippen LogP contribution is -2.01. The molecule has 21 heavy (non-hydrogen) atoms. The Kier molecular flexibility index (Phi) is 3.98. The van der Waals surface area contributed by atoms with E-state index in [0.29, 0.717) is 11.3 Å². The number of nitrogens with one attached hydrogen (secondary N) is 1. The fraction of sp³-hybridized carbons (Fsp3) is 0.0769. The van der Waals surface area contributed by atoms with Crippen molar-refractivity contribution < 1.29 is 15.0 Å². The standard InChI is InChI=1S/C13H11N3O5/c17-13-5-4-9(6-12(13)16(20)21)8-14-10-2-1-3-11(7-10)15(18)19/h1-7,14,17H,8H2. The molecule has 0 radical (unpaired) electrons. The minimum Gasteiger partial charge on any atom is -0.502 e. The lowest BCUT2D eigenvalue weighted by molar-refractivity contribution is -0.385. The van der Waals surface area contributed by atoms with Crippen molar-refractivity contribution in [1.82, 2.24) is 0 Å². The zero-order chi connectivity index (χ0) is 15.4. The van der Waals surface area contributed by atoms with E-state index in [1.807, 2.05) is 0 Å². The van der Waals surface area contributed by atoms with Gasteiger partial charge in [0.2, 0.25) is 0 Å². The average molecular weight is 289 g/mol. The fourth-order valence-corrected chi connectivity index (χ4v) is 1.76. The van der Waals surface area contributed by atoms with Gasteiger partial charge in [-0.15, -0.1) is 0 Å². The first-order chi connectivity index (χ1) is 9.97. The molecule has 8 heteroatoms. The second-order valence-corrected chi connectivity index (χ2v) is 4.24. The highest BCUT2D eigenvalue weighted by atomic mass is 16.6. The Morgan fingerprint density at radius 3 is 2.48 bits per heavy atom. The average Bonchev–Trinajstić information content (AvgIpc) is 2.46. The topological polar surface area (TPSA) is 119 Å². The molecule has 0 spiro atoms. The maximum absolute atomic E-state index is 10.7. The summed E-state index contributed by atoms with van der Waals surface area (Å²) in [7, 11) is 0. The first-order valence-electron chi connectivity index (χ1n) is 5.92. The fourth-order valence-electron chi connectivity index (χ4n) is 1.76. The second kappa shape index (κ2) is 5.87. The van der Waals surface area contributed by atoms with Crippen LogP contribution in [-0.4, -0.2) is 15.0 Å². The molecule has 108 valence electrons. The van der Waals surface area contributed by atoms with Crippen LogP contribution in [0, 0.1) is 20.2 Å². The number of nitrogens with zero attached hydrogens (tertiary/aromatic N) is 2. The van der Waals surface area contributed by atoms with Crippen molar-refractivity contribution in [2.24, 2.45) is 0 Å². The number of nitro benzene ring substituents is 2. The van der Waals surface area contributed by atoms with E-state index < -0.39 is 15.6 Å². The second-order valence-electron chi connectivity index (χ2n) is 4.24. The number of hydrogen-bond donors (Lipinski definition) is 2. The van der Waals surface area contributed by atoms with Crippen LogP contribution in [0.1, 0.15) is 5.56 Å². The van der Waals surface area contributed by atoms with Gasteiger partial charge >= 0.3 is 5.69 Å². The Labute approximate surface area is 119 Å². The molecule has 8 nitrogen and oxygen atoms in total. The van der Waals surface area contributed by atoms with E-state index in [1.165, 1.54) is 30.3 Å². The summed E-state index contributed by atoms with van der Waals surface area (Å²) in [5.41, 5.74) is 0.677. The summed E-state index contributed by atoms with van der Waals surface area (Å²) in [5, 5.41) is 33.7. The predicted octanol–water partition coefficient (Wildman–Crippen LogP) is 2.82. The van der Waals surface area contributed by atoms with Crippen LogP contribution in [0.3, 0.4) is 0 Å². The minimum atomic E-state index is -0.674. The van der Waals surface area contributed by atoms with Crippen LogP contribution in [0.15, 0.2) is 42.5 Å². The molecule has 0 amide bonds. The highest BCUT2D eigenvalue weighted by Gasteiger charge is 2.13. The third kappa shape index (κ3) is 3.44. The first kappa shape index (κ1) is 14.3. The van der Waals surface area contributed by atoms with E-state index >= 15 is 0 Å². The Morgan fingerprint density at radius 1 is 1.05 bits per heavy atom. The number of hydrogen-bond acceptors (Lipinski definition) is 6. The van der Waals surface area contributed by atoms with Crippen LogP contribution in [0.25, 0.3) is 0 Å². The van der Waals surface area contributed by atoms with Gasteiger partial charge < -0.3 is 10.4 Å². The molecule has 0 atom stereocenters. The molecule has 2 aromatic rings. The van der Waals surface area contributed by atoms with E-state index in [2.05, 4.69) is 5.32 Å². The van der Waals surface area contributed by atoms with Crippen molar-refractivity contribution in [3.05, 3.63) is 68.3 Å². The SMILES string of the molecule is O=[N+]([O-])c1cccc(NCc2ccc(O)c([N+](=O)[O-])c2)c1. The van der Waals surface area contributed by atoms with Crippen molar-refractivity contribution in [3.8, 4) is 5.75 Å². The molecule has 2 N–H and O–H groups in total. The van der Waals surface area contributed by atoms with Crippen LogP contribution in [-0.2, 0) is 6.54 Å². The van der Waals surface area contributed by atoms with Gasteiger partial charge in [-0.05, 0) is 17.7 Å². The van der Waals surface area contributed by atoms with Crippen LogP contribution in [0.2, 0.25) is 0 Å². The van der Waals surface area contributed by atoms with Gasteiger partial charge in [-0.2, -0.15) is 0 Å². The van der Waals surface area contributed by atoms with E-state index in [-0.39, 0.29) is 17.9 Å². The molecule has 0 aliphatic rings. The van der Waals surface area contributed by atoms with Gasteiger partial charge in [-0.25, -0.2) is 0 Å². The van der Waals surface area contributed by atoms with E-state index in [0.717, 1.165) is 0 Å². The zero-order valence-corrected chi connectivity index (χ0v) is 10.7. The van der Waals surface area contributed by atoms with Gasteiger partial charge in [0.25, 0.3) is 5.69 Å². The van der Waals surface area contributed by atoms with Crippen LogP contribution >= 0.6 is 0 Å². The van der Waals surface area contributed by atoms with E-state index in [1.54, 1.807) is 12.1 Å². The molecular weight excluding hydrogens is 278 g/mol. The molecule has 2 aromatic carbocycles. The number of non-ortho nitro benzene ring substituents is 1. The first-order valence-corrected chi connectivity index (χ1v) is 5.92. The van der Waals surface area contributed by atoms with Gasteiger partial charge in [-0.3, -0.25) is 20.2 Å². The normalized spacial score (nSPS) is 10.1. The van der Waals surface area contributed by atoms with Crippen molar-refractivity contribution in [1.29, 1.82) is 0 Å². The quantitative estimate of drug-likeness (QED) is 0.645. The number of aromatic hydroxyl groups is 1. The maximum Gasteiger partial charge on any atom is 0.311 e. The van der Waals surface area contributed by atoms with Crippen molar-refractivity contribution >= 4 is 17.1 Å². The molecule has 0 aliphatic heterocycles. The molecule has 0 saturated heterocycles. The maximum atomic E-state index is 10.7. The lowest BCUT2D eigenvalue weighted by Gasteiger charge is -2.06. The summed E-state index contributed by atoms with van der Waals surface area (Å²) in [6, 6.07) is 9.96. The molecule has 0 aromatic heterocycles. The Morgan fingerprint density at radius 2 is 1.81 bits per heavy atom. The molecule has 2 rings (SSSR count). The third-order valence-corrected chi connectivity index (χ3v) is 2.79. The predicted molar refractivity (Wildman–Crippen MR) is 75.2 cm³/mol. The van der Waals surface area contributed by atoms with Gasteiger partial charge in [0, 0.05) is 30.4 Å². The van der Waals surface area contributed by atoms with Gasteiger partial charge in [0.1, 0.15) is 0 Å². The molecule has 0 unspecified atom stereocenters. The molecular formula is C13H11N3O5. The summed E-state index contributed by atoms with van der Waals surface area (Å²) in [6.45, 7) is 0.238. The van der Waals surface area contributed by atoms with Crippen LogP contribution in [0.4, 0.5) is 17.1 Å². The third-order valence-electron chi connectivity index (χ3n) is 2.79. The number of benzene rings is 2. The highest BCUT2D eigenvalue weighted by Crippen LogP contribution is 2.26. The van der Waals surface area contributed by atoms with Crippen molar-refractivity contribution in [2.45, 2.75) is 6.54 Å². The number of rotatable bonds is 5. The Bertz CT molecular complexity index is 702. The summed E-state index contributed by atoms with van der Waals surface area (Å²) >= 11 is 0. The van der Waals surface area contributed by atoms with Gasteiger partial charge in [0.15, 0.2) is 5.75 Å². The van der Waals surface area contributed by atoms with Crippen LogP contribution < -0.4 is 5.32 Å². The number of nitro groups is 2. The largest absolute Gasteiger partial charge is 0.502 e. The summed E-state index contributed by atoms with van der Waals surface area (Å²) in [4.78, 5) is 20.2. The Hall–Kier alpha value is -3.16. The summed E-state index contributed by atoms with van der Waals surface area (Å²) < 4.78 is 0. The molecule has 0 bridgehead atoms. The Balaban J connectivity index is 2.13. The van der Waals surface area contributed by atoms with E-state index in [9.17, 15) is 25.3 Å². The lowest BCUT2D eigenvalue weighted by atomic mass is 10.2. The molecule has 0 heterocycles. The summed E-state index contributed by atoms with van der Waals surface area (Å²) in [6.07, 6.45) is 0. The van der Waals surface area contributed by atoms with Gasteiger partial charge in [-0.1, -0.05) is 12.1 Å².